The molecule has 0 aromatic heterocycles. The van der Waals surface area contributed by atoms with E-state index in [9.17, 15) is 9.50 Å². The molecule has 2 atom stereocenters. The van der Waals surface area contributed by atoms with Crippen molar-refractivity contribution in [1.82, 2.24) is 0 Å². The van der Waals surface area contributed by atoms with Gasteiger partial charge in [-0.3, -0.25) is 0 Å². The molecule has 0 aliphatic carbocycles. The van der Waals surface area contributed by atoms with Crippen molar-refractivity contribution in [3.8, 4) is 0 Å². The van der Waals surface area contributed by atoms with Gasteiger partial charge in [0.15, 0.2) is 0 Å². The van der Waals surface area contributed by atoms with Crippen LogP contribution in [0.4, 0.5) is 4.39 Å². The Kier molecular flexibility index (Phi) is 5.09. The van der Waals surface area contributed by atoms with E-state index in [1.54, 1.807) is 12.1 Å². The smallest absolute Gasteiger partial charge is 0.128 e. The van der Waals surface area contributed by atoms with Crippen LogP contribution in [0.2, 0.25) is 0 Å². The molecular weight excluding hydrogens is 217 g/mol. The van der Waals surface area contributed by atoms with Crippen LogP contribution in [0.15, 0.2) is 18.2 Å². The Balaban J connectivity index is 2.74. The minimum atomic E-state index is -0.686. The predicted molar refractivity (Wildman–Crippen MR) is 68.1 cm³/mol. The maximum Gasteiger partial charge on any atom is 0.128 e. The molecule has 0 heterocycles. The fourth-order valence-electron chi connectivity index (χ4n) is 1.81. The molecule has 1 aromatic rings. The molecule has 3 heteroatoms. The molecule has 0 aliphatic rings. The van der Waals surface area contributed by atoms with Gasteiger partial charge in [-0.1, -0.05) is 31.5 Å². The fraction of sp³-hybridized carbons (Fsp3) is 0.571. The summed E-state index contributed by atoms with van der Waals surface area (Å²) in [6.07, 6.45) is 0.808. The zero-order chi connectivity index (χ0) is 13.0. The van der Waals surface area contributed by atoms with Crippen LogP contribution >= 0.6 is 0 Å². The van der Waals surface area contributed by atoms with Crippen molar-refractivity contribution in [2.45, 2.75) is 45.8 Å². The number of aliphatic hydroxyl groups excluding tert-OH is 1. The average molecular weight is 239 g/mol. The first-order chi connectivity index (χ1) is 7.91. The molecule has 2 nitrogen and oxygen atoms in total. The van der Waals surface area contributed by atoms with E-state index in [-0.39, 0.29) is 5.82 Å². The number of rotatable bonds is 5. The van der Waals surface area contributed by atoms with Gasteiger partial charge in [0.25, 0.3) is 0 Å². The Morgan fingerprint density at radius 3 is 2.53 bits per heavy atom. The van der Waals surface area contributed by atoms with Gasteiger partial charge in [-0.15, -0.1) is 0 Å². The summed E-state index contributed by atoms with van der Waals surface area (Å²) in [6, 6.07) is 4.17. The van der Waals surface area contributed by atoms with E-state index >= 15 is 0 Å². The lowest BCUT2D eigenvalue weighted by molar-refractivity contribution is 0.127. The summed E-state index contributed by atoms with van der Waals surface area (Å²) in [4.78, 5) is 0. The summed E-state index contributed by atoms with van der Waals surface area (Å²) >= 11 is 0. The van der Waals surface area contributed by atoms with E-state index < -0.39 is 12.1 Å². The van der Waals surface area contributed by atoms with Gasteiger partial charge in [0.1, 0.15) is 5.82 Å². The number of benzene rings is 1. The first-order valence-electron chi connectivity index (χ1n) is 6.11. The van der Waals surface area contributed by atoms with Crippen LogP contribution in [-0.2, 0) is 0 Å². The maximum atomic E-state index is 13.6. The third-order valence-corrected chi connectivity index (χ3v) is 2.96. The van der Waals surface area contributed by atoms with Gasteiger partial charge in [0, 0.05) is 5.56 Å². The highest BCUT2D eigenvalue weighted by atomic mass is 19.1. The largest absolute Gasteiger partial charge is 0.391 e. The number of hydrogen-bond acceptors (Lipinski definition) is 2. The Morgan fingerprint density at radius 2 is 1.94 bits per heavy atom. The summed E-state index contributed by atoms with van der Waals surface area (Å²) < 4.78 is 13.6. The van der Waals surface area contributed by atoms with E-state index in [1.165, 1.54) is 6.07 Å². The molecule has 0 aliphatic heterocycles. The highest BCUT2D eigenvalue weighted by Crippen LogP contribution is 2.22. The Morgan fingerprint density at radius 1 is 1.29 bits per heavy atom. The minimum absolute atomic E-state index is 0.341. The lowest BCUT2D eigenvalue weighted by Gasteiger charge is -2.20. The Labute approximate surface area is 103 Å². The van der Waals surface area contributed by atoms with Gasteiger partial charge in [-0.2, -0.15) is 0 Å². The van der Waals surface area contributed by atoms with Crippen LogP contribution in [0.3, 0.4) is 0 Å². The summed E-state index contributed by atoms with van der Waals surface area (Å²) in [5.74, 6) is 0.172. The fourth-order valence-corrected chi connectivity index (χ4v) is 1.81. The molecule has 1 aromatic carbocycles. The van der Waals surface area contributed by atoms with Crippen molar-refractivity contribution in [2.24, 2.45) is 11.7 Å². The van der Waals surface area contributed by atoms with Crippen molar-refractivity contribution in [2.75, 3.05) is 0 Å². The average Bonchev–Trinajstić information content (AvgIpc) is 2.28. The third-order valence-electron chi connectivity index (χ3n) is 2.96. The molecular formula is C14H22FNO. The van der Waals surface area contributed by atoms with Crippen LogP contribution in [-0.4, -0.2) is 11.2 Å². The van der Waals surface area contributed by atoms with Crippen LogP contribution in [0.1, 0.15) is 43.9 Å². The van der Waals surface area contributed by atoms with E-state index in [4.69, 9.17) is 5.73 Å². The lowest BCUT2D eigenvalue weighted by atomic mass is 9.95. The first kappa shape index (κ1) is 14.1. The number of hydrogen-bond donors (Lipinski definition) is 2. The quantitative estimate of drug-likeness (QED) is 0.830. The normalized spacial score (nSPS) is 15.0. The molecule has 0 unspecified atom stereocenters. The van der Waals surface area contributed by atoms with Crippen LogP contribution in [0.25, 0.3) is 0 Å². The molecule has 0 radical (unpaired) electrons. The number of nitrogens with two attached hydrogens (primary N) is 1. The molecule has 1 rings (SSSR count). The van der Waals surface area contributed by atoms with Crippen molar-refractivity contribution in [3.05, 3.63) is 35.1 Å². The van der Waals surface area contributed by atoms with Gasteiger partial charge in [-0.05, 0) is 31.7 Å². The molecule has 96 valence electrons. The van der Waals surface area contributed by atoms with Gasteiger partial charge in [0.2, 0.25) is 0 Å². The van der Waals surface area contributed by atoms with E-state index in [0.29, 0.717) is 17.9 Å². The van der Waals surface area contributed by atoms with Gasteiger partial charge >= 0.3 is 0 Å². The summed E-state index contributed by atoms with van der Waals surface area (Å²) in [5.41, 5.74) is 7.26. The first-order valence-corrected chi connectivity index (χ1v) is 6.11. The number of halogens is 1. The summed E-state index contributed by atoms with van der Waals surface area (Å²) in [5, 5.41) is 9.94. The second kappa shape index (κ2) is 6.12. The molecule has 0 saturated heterocycles. The molecule has 0 saturated carbocycles. The number of aryl methyl sites for hydroxylation is 1. The van der Waals surface area contributed by atoms with Gasteiger partial charge in [0.05, 0.1) is 12.1 Å². The van der Waals surface area contributed by atoms with E-state index in [1.807, 2.05) is 6.92 Å². The van der Waals surface area contributed by atoms with Crippen LogP contribution in [0.5, 0.6) is 0 Å². The topological polar surface area (TPSA) is 46.2 Å². The van der Waals surface area contributed by atoms with Crippen molar-refractivity contribution < 1.29 is 9.50 Å². The molecule has 17 heavy (non-hydrogen) atoms. The second-order valence-corrected chi connectivity index (χ2v) is 5.09. The lowest BCUT2D eigenvalue weighted by Crippen LogP contribution is -2.27. The SMILES string of the molecule is Cc1ccc(F)c([C@H](N)[C@H](O)CCC(C)C)c1. The highest BCUT2D eigenvalue weighted by molar-refractivity contribution is 5.27. The van der Waals surface area contributed by atoms with Crippen molar-refractivity contribution in [3.63, 3.8) is 0 Å². The van der Waals surface area contributed by atoms with E-state index in [0.717, 1.165) is 12.0 Å². The Hall–Kier alpha value is -0.930. The van der Waals surface area contributed by atoms with Gasteiger partial charge in [-0.25, -0.2) is 4.39 Å². The molecule has 0 amide bonds. The second-order valence-electron chi connectivity index (χ2n) is 5.09. The summed E-state index contributed by atoms with van der Waals surface area (Å²) in [6.45, 7) is 6.06. The maximum absolute atomic E-state index is 13.6. The summed E-state index contributed by atoms with van der Waals surface area (Å²) in [7, 11) is 0. The van der Waals surface area contributed by atoms with Crippen LogP contribution < -0.4 is 5.73 Å². The van der Waals surface area contributed by atoms with Crippen molar-refractivity contribution >= 4 is 0 Å². The molecule has 0 fully saturated rings. The zero-order valence-electron chi connectivity index (χ0n) is 10.8. The molecule has 3 N–H and O–H groups in total. The highest BCUT2D eigenvalue weighted by Gasteiger charge is 2.20. The van der Waals surface area contributed by atoms with Gasteiger partial charge < -0.3 is 10.8 Å². The van der Waals surface area contributed by atoms with Crippen LogP contribution in [0, 0.1) is 18.7 Å². The zero-order valence-corrected chi connectivity index (χ0v) is 10.8. The third kappa shape index (κ3) is 4.10. The molecule has 0 bridgehead atoms. The predicted octanol–water partition coefficient (Wildman–Crippen LogP) is 2.93. The monoisotopic (exact) mass is 239 g/mol. The molecule has 0 spiro atoms. The van der Waals surface area contributed by atoms with Crippen molar-refractivity contribution in [1.29, 1.82) is 0 Å². The minimum Gasteiger partial charge on any atom is -0.391 e. The number of aliphatic hydroxyl groups is 1. The van der Waals surface area contributed by atoms with E-state index in [2.05, 4.69) is 13.8 Å². The Bertz CT molecular complexity index is 365. The standard InChI is InChI=1S/C14H22FNO/c1-9(2)4-7-13(17)14(16)11-8-10(3)5-6-12(11)15/h5-6,8-9,13-14,17H,4,7,16H2,1-3H3/t13-,14+/m1/s1.